The highest BCUT2D eigenvalue weighted by Crippen LogP contribution is 2.26. The number of ether oxygens (including phenoxy) is 1. The molecule has 0 spiro atoms. The van der Waals surface area contributed by atoms with Gasteiger partial charge >= 0.3 is 0 Å². The lowest BCUT2D eigenvalue weighted by Gasteiger charge is -2.26. The molecule has 2 nitrogen and oxygen atoms in total. The third kappa shape index (κ3) is 3.46. The number of pyridine rings is 1. The maximum atomic E-state index is 5.89. The Hall–Kier alpha value is -0.600. The fourth-order valence-corrected chi connectivity index (χ4v) is 2.44. The van der Waals surface area contributed by atoms with E-state index in [2.05, 4.69) is 11.9 Å². The molecule has 0 amide bonds. The first-order valence-corrected chi connectivity index (χ1v) is 6.34. The molecule has 0 bridgehead atoms. The zero-order valence-electron chi connectivity index (χ0n) is 9.66. The Kier molecular flexibility index (Phi) is 4.19. The van der Waals surface area contributed by atoms with Crippen molar-refractivity contribution in [2.45, 2.75) is 45.3 Å². The Morgan fingerprint density at radius 3 is 3.12 bits per heavy atom. The molecule has 2 rings (SSSR count). The van der Waals surface area contributed by atoms with Gasteiger partial charge in [-0.3, -0.25) is 4.98 Å². The minimum Gasteiger partial charge on any atom is -0.372 e. The van der Waals surface area contributed by atoms with Crippen LogP contribution < -0.4 is 0 Å². The summed E-state index contributed by atoms with van der Waals surface area (Å²) in [7, 11) is 0. The van der Waals surface area contributed by atoms with Crippen molar-refractivity contribution in [3.8, 4) is 0 Å². The predicted octanol–water partition coefficient (Wildman–Crippen LogP) is 3.83. The molecule has 2 atom stereocenters. The maximum Gasteiger partial charge on any atom is 0.0892 e. The molecular formula is C13H18ClNO. The summed E-state index contributed by atoms with van der Waals surface area (Å²) in [6.07, 6.45) is 7.13. The SMILES string of the molecule is CC1CCCC(OCc2cc(Cl)ccn2)C1. The van der Waals surface area contributed by atoms with E-state index in [0.29, 0.717) is 12.7 Å². The summed E-state index contributed by atoms with van der Waals surface area (Å²) in [4.78, 5) is 4.23. The minimum absolute atomic E-state index is 0.407. The van der Waals surface area contributed by atoms with Crippen molar-refractivity contribution in [2.75, 3.05) is 0 Å². The number of aromatic nitrogens is 1. The molecule has 0 radical (unpaired) electrons. The van der Waals surface area contributed by atoms with Gasteiger partial charge < -0.3 is 4.74 Å². The number of hydrogen-bond donors (Lipinski definition) is 0. The molecule has 2 unspecified atom stereocenters. The van der Waals surface area contributed by atoms with Crippen LogP contribution in [-0.2, 0) is 11.3 Å². The fourth-order valence-electron chi connectivity index (χ4n) is 2.26. The largest absolute Gasteiger partial charge is 0.372 e. The molecule has 1 aliphatic carbocycles. The van der Waals surface area contributed by atoms with Gasteiger partial charge in [0.2, 0.25) is 0 Å². The molecule has 1 heterocycles. The van der Waals surface area contributed by atoms with Crippen LogP contribution in [0.2, 0.25) is 5.02 Å². The van der Waals surface area contributed by atoms with E-state index in [1.807, 2.05) is 6.07 Å². The van der Waals surface area contributed by atoms with Gasteiger partial charge in [-0.1, -0.05) is 31.4 Å². The molecule has 1 aromatic heterocycles. The van der Waals surface area contributed by atoms with Gasteiger partial charge in [0, 0.05) is 11.2 Å². The lowest BCUT2D eigenvalue weighted by atomic mass is 9.89. The van der Waals surface area contributed by atoms with Gasteiger partial charge in [-0.05, 0) is 30.9 Å². The van der Waals surface area contributed by atoms with E-state index < -0.39 is 0 Å². The van der Waals surface area contributed by atoms with Crippen molar-refractivity contribution in [2.24, 2.45) is 5.92 Å². The Morgan fingerprint density at radius 2 is 2.38 bits per heavy atom. The summed E-state index contributed by atoms with van der Waals surface area (Å²) in [5.74, 6) is 0.797. The predicted molar refractivity (Wildman–Crippen MR) is 65.5 cm³/mol. The lowest BCUT2D eigenvalue weighted by Crippen LogP contribution is -2.21. The van der Waals surface area contributed by atoms with Crippen LogP contribution in [0.1, 0.15) is 38.3 Å². The normalized spacial score (nSPS) is 25.6. The number of hydrogen-bond acceptors (Lipinski definition) is 2. The van der Waals surface area contributed by atoms with E-state index >= 15 is 0 Å². The van der Waals surface area contributed by atoms with Gasteiger partial charge in [0.25, 0.3) is 0 Å². The van der Waals surface area contributed by atoms with Gasteiger partial charge in [0.05, 0.1) is 18.4 Å². The van der Waals surface area contributed by atoms with Crippen molar-refractivity contribution in [3.63, 3.8) is 0 Å². The third-order valence-corrected chi connectivity index (χ3v) is 3.37. The van der Waals surface area contributed by atoms with E-state index in [9.17, 15) is 0 Å². The van der Waals surface area contributed by atoms with E-state index in [0.717, 1.165) is 16.6 Å². The highest BCUT2D eigenvalue weighted by molar-refractivity contribution is 6.30. The van der Waals surface area contributed by atoms with Crippen molar-refractivity contribution < 1.29 is 4.74 Å². The number of rotatable bonds is 3. The first-order chi connectivity index (χ1) is 7.74. The second kappa shape index (κ2) is 5.65. The second-order valence-electron chi connectivity index (χ2n) is 4.67. The van der Waals surface area contributed by atoms with Gasteiger partial charge in [-0.2, -0.15) is 0 Å². The summed E-state index contributed by atoms with van der Waals surface area (Å²) in [6.45, 7) is 2.88. The van der Waals surface area contributed by atoms with Crippen molar-refractivity contribution in [3.05, 3.63) is 29.0 Å². The topological polar surface area (TPSA) is 22.1 Å². The quantitative estimate of drug-likeness (QED) is 0.800. The Bertz CT molecular complexity index is 342. The van der Waals surface area contributed by atoms with Crippen molar-refractivity contribution in [1.82, 2.24) is 4.98 Å². The average molecular weight is 240 g/mol. The van der Waals surface area contributed by atoms with E-state index in [4.69, 9.17) is 16.3 Å². The molecular weight excluding hydrogens is 222 g/mol. The second-order valence-corrected chi connectivity index (χ2v) is 5.11. The van der Waals surface area contributed by atoms with Gasteiger partial charge in [0.1, 0.15) is 0 Å². The molecule has 0 N–H and O–H groups in total. The van der Waals surface area contributed by atoms with E-state index in [-0.39, 0.29) is 0 Å². The fraction of sp³-hybridized carbons (Fsp3) is 0.615. The third-order valence-electron chi connectivity index (χ3n) is 3.13. The maximum absolute atomic E-state index is 5.89. The standard InChI is InChI=1S/C13H18ClNO/c1-10-3-2-4-13(7-10)16-9-12-8-11(14)5-6-15-12/h5-6,8,10,13H,2-4,7,9H2,1H3. The monoisotopic (exact) mass is 239 g/mol. The Morgan fingerprint density at radius 1 is 1.50 bits per heavy atom. The summed E-state index contributed by atoms with van der Waals surface area (Å²) in [5, 5.41) is 0.727. The van der Waals surface area contributed by atoms with E-state index in [1.54, 1.807) is 12.3 Å². The molecule has 16 heavy (non-hydrogen) atoms. The molecule has 0 aromatic carbocycles. The molecule has 1 aliphatic rings. The van der Waals surface area contributed by atoms with Crippen LogP contribution in [0.5, 0.6) is 0 Å². The zero-order valence-corrected chi connectivity index (χ0v) is 10.4. The lowest BCUT2D eigenvalue weighted by molar-refractivity contribution is 0.00321. The zero-order chi connectivity index (χ0) is 11.4. The van der Waals surface area contributed by atoms with Crippen LogP contribution in [-0.4, -0.2) is 11.1 Å². The van der Waals surface area contributed by atoms with Crippen molar-refractivity contribution >= 4 is 11.6 Å². The van der Waals surface area contributed by atoms with E-state index in [1.165, 1.54) is 25.7 Å². The smallest absolute Gasteiger partial charge is 0.0892 e. The molecule has 1 aromatic rings. The number of halogens is 1. The summed E-state index contributed by atoms with van der Waals surface area (Å²) in [6, 6.07) is 3.65. The average Bonchev–Trinajstić information content (AvgIpc) is 2.27. The van der Waals surface area contributed by atoms with Gasteiger partial charge in [-0.15, -0.1) is 0 Å². The Balaban J connectivity index is 1.82. The van der Waals surface area contributed by atoms with Crippen LogP contribution in [0.3, 0.4) is 0 Å². The molecule has 88 valence electrons. The highest BCUT2D eigenvalue weighted by atomic mass is 35.5. The first kappa shape index (κ1) is 11.9. The van der Waals surface area contributed by atoms with Crippen LogP contribution >= 0.6 is 11.6 Å². The summed E-state index contributed by atoms with van der Waals surface area (Å²) >= 11 is 5.89. The van der Waals surface area contributed by atoms with Crippen LogP contribution in [0.4, 0.5) is 0 Å². The molecule has 1 fully saturated rings. The highest BCUT2D eigenvalue weighted by Gasteiger charge is 2.19. The van der Waals surface area contributed by atoms with Crippen LogP contribution in [0.15, 0.2) is 18.3 Å². The van der Waals surface area contributed by atoms with Crippen LogP contribution in [0.25, 0.3) is 0 Å². The van der Waals surface area contributed by atoms with Crippen LogP contribution in [0, 0.1) is 5.92 Å². The van der Waals surface area contributed by atoms with Gasteiger partial charge in [0.15, 0.2) is 0 Å². The van der Waals surface area contributed by atoms with Crippen molar-refractivity contribution in [1.29, 1.82) is 0 Å². The molecule has 0 saturated heterocycles. The minimum atomic E-state index is 0.407. The van der Waals surface area contributed by atoms with Gasteiger partial charge in [-0.25, -0.2) is 0 Å². The molecule has 0 aliphatic heterocycles. The molecule has 3 heteroatoms. The summed E-state index contributed by atoms with van der Waals surface area (Å²) in [5.41, 5.74) is 0.922. The summed E-state index contributed by atoms with van der Waals surface area (Å²) < 4.78 is 5.87. The Labute approximate surface area is 102 Å². The molecule has 1 saturated carbocycles. The number of nitrogens with zero attached hydrogens (tertiary/aromatic N) is 1. The first-order valence-electron chi connectivity index (χ1n) is 5.96.